The zero-order valence-electron chi connectivity index (χ0n) is 21.0. The van der Waals surface area contributed by atoms with Gasteiger partial charge in [-0.25, -0.2) is 4.98 Å². The molecule has 1 atom stereocenters. The fraction of sp³-hybridized carbons (Fsp3) is 0.308. The maximum absolute atomic E-state index is 13.0. The predicted octanol–water partition coefficient (Wildman–Crippen LogP) is 5.03. The summed E-state index contributed by atoms with van der Waals surface area (Å²) in [6.07, 6.45) is 0.637. The molecule has 196 valence electrons. The van der Waals surface area contributed by atoms with Crippen molar-refractivity contribution in [3.8, 4) is 11.5 Å². The van der Waals surface area contributed by atoms with Gasteiger partial charge in [-0.1, -0.05) is 19.1 Å². The summed E-state index contributed by atoms with van der Waals surface area (Å²) in [4.78, 5) is 42.7. The van der Waals surface area contributed by atoms with E-state index in [9.17, 15) is 14.4 Å². The Labute approximate surface area is 223 Å². The van der Waals surface area contributed by atoms with E-state index in [1.165, 1.54) is 37.3 Å². The minimum atomic E-state index is -0.391. The molecule has 0 fully saturated rings. The van der Waals surface area contributed by atoms with Crippen molar-refractivity contribution in [3.63, 3.8) is 0 Å². The van der Waals surface area contributed by atoms with Crippen LogP contribution in [0.4, 0.5) is 10.8 Å². The van der Waals surface area contributed by atoms with Crippen molar-refractivity contribution in [2.75, 3.05) is 31.5 Å². The molecule has 0 spiro atoms. The lowest BCUT2D eigenvalue weighted by Crippen LogP contribution is -2.24. The first-order valence-corrected chi connectivity index (χ1v) is 13.3. The van der Waals surface area contributed by atoms with E-state index < -0.39 is 5.25 Å². The van der Waals surface area contributed by atoms with E-state index in [1.807, 2.05) is 19.1 Å². The van der Waals surface area contributed by atoms with Gasteiger partial charge in [0, 0.05) is 16.0 Å². The van der Waals surface area contributed by atoms with Gasteiger partial charge in [0.25, 0.3) is 5.91 Å². The Bertz CT molecular complexity index is 1220. The minimum Gasteiger partial charge on any atom is -0.496 e. The average molecular weight is 544 g/mol. The Morgan fingerprint density at radius 1 is 1.03 bits per heavy atom. The first-order valence-electron chi connectivity index (χ1n) is 11.6. The molecule has 3 aromatic rings. The number of aromatic nitrogens is 1. The van der Waals surface area contributed by atoms with Gasteiger partial charge >= 0.3 is 5.97 Å². The number of carbonyl (C=O) groups excluding carboxylic acids is 3. The van der Waals surface area contributed by atoms with Gasteiger partial charge in [0.15, 0.2) is 5.13 Å². The molecule has 0 saturated heterocycles. The van der Waals surface area contributed by atoms with Crippen molar-refractivity contribution in [2.45, 2.75) is 36.8 Å². The Hall–Kier alpha value is -3.57. The molecule has 0 bridgehead atoms. The zero-order chi connectivity index (χ0) is 26.8. The van der Waals surface area contributed by atoms with Gasteiger partial charge in [-0.3, -0.25) is 14.4 Å². The first-order chi connectivity index (χ1) is 17.9. The number of thiazole rings is 1. The van der Waals surface area contributed by atoms with Gasteiger partial charge in [-0.2, -0.15) is 0 Å². The van der Waals surface area contributed by atoms with Crippen LogP contribution in [0.15, 0.2) is 52.7 Å². The zero-order valence-corrected chi connectivity index (χ0v) is 22.7. The van der Waals surface area contributed by atoms with Crippen molar-refractivity contribution >= 4 is 51.7 Å². The summed E-state index contributed by atoms with van der Waals surface area (Å²) in [5.41, 5.74) is 1.42. The van der Waals surface area contributed by atoms with Crippen LogP contribution in [0.5, 0.6) is 11.5 Å². The number of carbonyl (C=O) groups is 3. The number of nitrogens with zero attached hydrogens (tertiary/aromatic N) is 1. The monoisotopic (exact) mass is 543 g/mol. The summed E-state index contributed by atoms with van der Waals surface area (Å²) >= 11 is 2.64. The number of nitrogens with one attached hydrogen (secondary N) is 2. The third-order valence-electron chi connectivity index (χ3n) is 5.10. The van der Waals surface area contributed by atoms with E-state index in [0.717, 1.165) is 4.90 Å². The standard InChI is InChI=1S/C26H29N3O6S2/c1-5-21(24(31)29-26-28-17(15-36-26)14-22(30)35-6-2)37-18-10-7-9-16(13-18)27-25(32)23-19(33-3)11-8-12-20(23)34-4/h7-13,15,21H,5-6,14H2,1-4H3,(H,27,32)(H,28,29,31). The molecule has 0 aliphatic carbocycles. The predicted molar refractivity (Wildman–Crippen MR) is 145 cm³/mol. The van der Waals surface area contributed by atoms with E-state index in [2.05, 4.69) is 15.6 Å². The lowest BCUT2D eigenvalue weighted by Gasteiger charge is -2.15. The number of amides is 2. The van der Waals surface area contributed by atoms with Crippen LogP contribution >= 0.6 is 23.1 Å². The van der Waals surface area contributed by atoms with Gasteiger partial charge in [0.05, 0.1) is 38.2 Å². The molecule has 3 rings (SSSR count). The van der Waals surface area contributed by atoms with Crippen molar-refractivity contribution in [2.24, 2.45) is 0 Å². The fourth-order valence-corrected chi connectivity index (χ4v) is 5.12. The first kappa shape index (κ1) is 28.0. The second kappa shape index (κ2) is 13.7. The summed E-state index contributed by atoms with van der Waals surface area (Å²) < 4.78 is 15.6. The van der Waals surface area contributed by atoms with Crippen molar-refractivity contribution in [1.29, 1.82) is 0 Å². The molecule has 0 radical (unpaired) electrons. The molecular formula is C26H29N3O6S2. The highest BCUT2D eigenvalue weighted by Crippen LogP contribution is 2.31. The molecule has 0 saturated carbocycles. The minimum absolute atomic E-state index is 0.0609. The third-order valence-corrected chi connectivity index (χ3v) is 7.27. The van der Waals surface area contributed by atoms with Crippen LogP contribution in [0.25, 0.3) is 0 Å². The summed E-state index contributed by atoms with van der Waals surface area (Å²) in [5.74, 6) is -0.124. The largest absolute Gasteiger partial charge is 0.496 e. The molecule has 1 aromatic heterocycles. The summed E-state index contributed by atoms with van der Waals surface area (Å²) in [6.45, 7) is 3.97. The molecule has 2 amide bonds. The van der Waals surface area contributed by atoms with Crippen LogP contribution in [0.1, 0.15) is 36.3 Å². The van der Waals surface area contributed by atoms with Crippen LogP contribution in [-0.4, -0.2) is 48.8 Å². The lowest BCUT2D eigenvalue weighted by atomic mass is 10.1. The highest BCUT2D eigenvalue weighted by atomic mass is 32.2. The summed E-state index contributed by atoms with van der Waals surface area (Å²) in [6, 6.07) is 12.4. The van der Waals surface area contributed by atoms with Gasteiger partial charge in [0.1, 0.15) is 17.1 Å². The van der Waals surface area contributed by atoms with Gasteiger partial charge in [-0.15, -0.1) is 23.1 Å². The smallest absolute Gasteiger partial charge is 0.311 e. The Morgan fingerprint density at radius 3 is 2.38 bits per heavy atom. The van der Waals surface area contributed by atoms with E-state index in [-0.39, 0.29) is 24.2 Å². The van der Waals surface area contributed by atoms with Crippen molar-refractivity contribution < 1.29 is 28.6 Å². The topological polar surface area (TPSA) is 116 Å². The summed E-state index contributed by atoms with van der Waals surface area (Å²) in [5, 5.41) is 7.47. The number of methoxy groups -OCH3 is 2. The van der Waals surface area contributed by atoms with E-state index >= 15 is 0 Å². The maximum atomic E-state index is 13.0. The Kier molecular flexibility index (Phi) is 10.3. The van der Waals surface area contributed by atoms with Crippen molar-refractivity contribution in [3.05, 3.63) is 59.1 Å². The number of anilines is 2. The lowest BCUT2D eigenvalue weighted by molar-refractivity contribution is -0.142. The Balaban J connectivity index is 1.66. The number of rotatable bonds is 12. The molecule has 1 heterocycles. The van der Waals surface area contributed by atoms with E-state index in [4.69, 9.17) is 14.2 Å². The second-order valence-electron chi connectivity index (χ2n) is 7.65. The summed E-state index contributed by atoms with van der Waals surface area (Å²) in [7, 11) is 2.98. The van der Waals surface area contributed by atoms with Gasteiger partial charge in [0.2, 0.25) is 5.91 Å². The number of hydrogen-bond donors (Lipinski definition) is 2. The molecule has 1 unspecified atom stereocenters. The quantitative estimate of drug-likeness (QED) is 0.241. The molecule has 11 heteroatoms. The molecule has 0 aliphatic heterocycles. The van der Waals surface area contributed by atoms with Crippen LogP contribution in [0.3, 0.4) is 0 Å². The number of benzene rings is 2. The molecule has 0 aliphatic rings. The number of hydrogen-bond acceptors (Lipinski definition) is 9. The average Bonchev–Trinajstić information content (AvgIpc) is 3.33. The molecule has 2 N–H and O–H groups in total. The fourth-order valence-electron chi connectivity index (χ4n) is 3.39. The number of ether oxygens (including phenoxy) is 3. The molecule has 2 aromatic carbocycles. The van der Waals surface area contributed by atoms with Gasteiger partial charge in [-0.05, 0) is 43.7 Å². The highest BCUT2D eigenvalue weighted by Gasteiger charge is 2.21. The SMILES string of the molecule is CCOC(=O)Cc1csc(NC(=O)C(CC)Sc2cccc(NC(=O)c3c(OC)cccc3OC)c2)n1. The normalized spacial score (nSPS) is 11.4. The highest BCUT2D eigenvalue weighted by molar-refractivity contribution is 8.00. The molecule has 37 heavy (non-hydrogen) atoms. The van der Waals surface area contributed by atoms with Crippen molar-refractivity contribution in [1.82, 2.24) is 4.98 Å². The van der Waals surface area contributed by atoms with Crippen LogP contribution < -0.4 is 20.1 Å². The number of thioether (sulfide) groups is 1. The van der Waals surface area contributed by atoms with Crippen LogP contribution in [0.2, 0.25) is 0 Å². The van der Waals surface area contributed by atoms with Gasteiger partial charge < -0.3 is 24.8 Å². The molecule has 9 nitrogen and oxygen atoms in total. The van der Waals surface area contributed by atoms with Crippen LogP contribution in [-0.2, 0) is 20.7 Å². The van der Waals surface area contributed by atoms with E-state index in [1.54, 1.807) is 42.6 Å². The Morgan fingerprint density at radius 2 is 1.73 bits per heavy atom. The maximum Gasteiger partial charge on any atom is 0.311 e. The second-order valence-corrected chi connectivity index (χ2v) is 9.78. The molecular weight excluding hydrogens is 514 g/mol. The van der Waals surface area contributed by atoms with Crippen LogP contribution in [0, 0.1) is 0 Å². The number of esters is 1. The third kappa shape index (κ3) is 7.70. The van der Waals surface area contributed by atoms with E-state index in [0.29, 0.717) is 46.6 Å².